The summed E-state index contributed by atoms with van der Waals surface area (Å²) in [5.41, 5.74) is 4.91. The standard InChI is InChI=1S/C30H37FN6O/c1-20(2)37-15-13-21(14-16-37)17-22-3-12-28(32-18-22)27-19-33-30(35-25-6-4-23(31)5-7-25)36-29(27)34-24-8-10-26(38)11-9-24/h3-7,12,17-20,24,26,38H,8-11,13-16H2,1-2H3,(H2,33,34,35,36)/t24-,26-. The smallest absolute Gasteiger partial charge is 0.229 e. The third-order valence-corrected chi connectivity index (χ3v) is 7.53. The van der Waals surface area contributed by atoms with E-state index in [-0.39, 0.29) is 18.0 Å². The van der Waals surface area contributed by atoms with Gasteiger partial charge in [0.05, 0.1) is 17.4 Å². The minimum absolute atomic E-state index is 0.214. The highest BCUT2D eigenvalue weighted by molar-refractivity contribution is 5.74. The van der Waals surface area contributed by atoms with Gasteiger partial charge in [-0.15, -0.1) is 0 Å². The number of anilines is 3. The Balaban J connectivity index is 1.35. The number of aromatic nitrogens is 3. The van der Waals surface area contributed by atoms with Crippen LogP contribution in [0.1, 0.15) is 57.9 Å². The fourth-order valence-corrected chi connectivity index (χ4v) is 5.17. The van der Waals surface area contributed by atoms with Gasteiger partial charge in [0.25, 0.3) is 0 Å². The molecule has 1 aromatic carbocycles. The predicted octanol–water partition coefficient (Wildman–Crippen LogP) is 6.02. The Hall–Kier alpha value is -3.36. The number of piperidine rings is 1. The molecule has 1 aliphatic heterocycles. The summed E-state index contributed by atoms with van der Waals surface area (Å²) in [6.45, 7) is 6.73. The maximum Gasteiger partial charge on any atom is 0.229 e. The maximum atomic E-state index is 13.3. The SMILES string of the molecule is CC(C)N1CCC(=Cc2ccc(-c3cnc(Nc4ccc(F)cc4)nc3N[C@H]3CC[C@H](O)CC3)nc2)CC1. The molecule has 0 atom stereocenters. The summed E-state index contributed by atoms with van der Waals surface area (Å²) in [5.74, 6) is 0.832. The van der Waals surface area contributed by atoms with Gasteiger partial charge < -0.3 is 20.6 Å². The van der Waals surface area contributed by atoms with Crippen LogP contribution >= 0.6 is 0 Å². The third kappa shape index (κ3) is 6.74. The molecule has 0 radical (unpaired) electrons. The summed E-state index contributed by atoms with van der Waals surface area (Å²) >= 11 is 0. The van der Waals surface area contributed by atoms with Gasteiger partial charge in [0.1, 0.15) is 11.6 Å². The number of aliphatic hydroxyl groups excluding tert-OH is 1. The van der Waals surface area contributed by atoms with E-state index in [1.165, 1.54) is 17.7 Å². The molecular formula is C30H37FN6O. The highest BCUT2D eigenvalue weighted by Gasteiger charge is 2.22. The van der Waals surface area contributed by atoms with Crippen molar-refractivity contribution in [1.29, 1.82) is 0 Å². The average molecular weight is 517 g/mol. The number of nitrogens with one attached hydrogen (secondary N) is 2. The van der Waals surface area contributed by atoms with Gasteiger partial charge in [0.15, 0.2) is 0 Å². The first kappa shape index (κ1) is 26.3. The first-order valence-electron chi connectivity index (χ1n) is 13.7. The lowest BCUT2D eigenvalue weighted by Crippen LogP contribution is -2.36. The molecule has 200 valence electrons. The van der Waals surface area contributed by atoms with Crippen LogP contribution in [0.4, 0.5) is 21.8 Å². The lowest BCUT2D eigenvalue weighted by Gasteiger charge is -2.31. The summed E-state index contributed by atoms with van der Waals surface area (Å²) in [4.78, 5) is 16.6. The number of hydrogen-bond donors (Lipinski definition) is 3. The highest BCUT2D eigenvalue weighted by Crippen LogP contribution is 2.30. The Labute approximate surface area is 224 Å². The molecular weight excluding hydrogens is 479 g/mol. The molecule has 0 amide bonds. The van der Waals surface area contributed by atoms with E-state index >= 15 is 0 Å². The number of hydrogen-bond acceptors (Lipinski definition) is 7. The van der Waals surface area contributed by atoms with Gasteiger partial charge in [-0.1, -0.05) is 17.7 Å². The van der Waals surface area contributed by atoms with Gasteiger partial charge in [0, 0.05) is 43.3 Å². The molecule has 3 N–H and O–H groups in total. The molecule has 1 saturated heterocycles. The van der Waals surface area contributed by atoms with Gasteiger partial charge >= 0.3 is 0 Å². The quantitative estimate of drug-likeness (QED) is 0.354. The molecule has 1 saturated carbocycles. The summed E-state index contributed by atoms with van der Waals surface area (Å²) in [7, 11) is 0. The molecule has 38 heavy (non-hydrogen) atoms. The molecule has 1 aliphatic carbocycles. The highest BCUT2D eigenvalue weighted by atomic mass is 19.1. The van der Waals surface area contributed by atoms with Crippen molar-refractivity contribution in [1.82, 2.24) is 19.9 Å². The van der Waals surface area contributed by atoms with E-state index in [1.807, 2.05) is 12.3 Å². The van der Waals surface area contributed by atoms with Crippen molar-refractivity contribution < 1.29 is 9.50 Å². The van der Waals surface area contributed by atoms with Crippen LogP contribution in [0.25, 0.3) is 17.3 Å². The summed E-state index contributed by atoms with van der Waals surface area (Å²) in [6, 6.07) is 11.1. The van der Waals surface area contributed by atoms with Crippen LogP contribution in [0.5, 0.6) is 0 Å². The van der Waals surface area contributed by atoms with Crippen molar-refractivity contribution in [3.8, 4) is 11.3 Å². The van der Waals surface area contributed by atoms with Crippen molar-refractivity contribution in [2.24, 2.45) is 0 Å². The minimum atomic E-state index is -0.292. The van der Waals surface area contributed by atoms with Crippen molar-refractivity contribution in [2.75, 3.05) is 23.7 Å². The molecule has 2 aliphatic rings. The lowest BCUT2D eigenvalue weighted by molar-refractivity contribution is 0.126. The first-order valence-corrected chi connectivity index (χ1v) is 13.7. The van der Waals surface area contributed by atoms with E-state index in [0.717, 1.165) is 68.4 Å². The fourth-order valence-electron chi connectivity index (χ4n) is 5.17. The normalized spacial score (nSPS) is 20.4. The fraction of sp³-hybridized carbons (Fsp3) is 0.433. The topological polar surface area (TPSA) is 86.2 Å². The monoisotopic (exact) mass is 516 g/mol. The van der Waals surface area contributed by atoms with Gasteiger partial charge in [-0.2, -0.15) is 4.98 Å². The van der Waals surface area contributed by atoms with Crippen LogP contribution in [-0.4, -0.2) is 56.2 Å². The lowest BCUT2D eigenvalue weighted by atomic mass is 9.93. The molecule has 8 heteroatoms. The van der Waals surface area contributed by atoms with Crippen LogP contribution in [0, 0.1) is 5.82 Å². The van der Waals surface area contributed by atoms with Crippen LogP contribution in [0.15, 0.2) is 54.4 Å². The zero-order chi connectivity index (χ0) is 26.5. The number of halogens is 1. The number of aliphatic hydroxyl groups is 1. The molecule has 0 bridgehead atoms. The second-order valence-corrected chi connectivity index (χ2v) is 10.6. The Kier molecular flexibility index (Phi) is 8.29. The molecule has 2 fully saturated rings. The van der Waals surface area contributed by atoms with Crippen LogP contribution in [-0.2, 0) is 0 Å². The molecule has 0 spiro atoms. The molecule has 2 aromatic heterocycles. The van der Waals surface area contributed by atoms with Gasteiger partial charge in [-0.05, 0) is 88.3 Å². The van der Waals surface area contributed by atoms with Gasteiger partial charge in [0.2, 0.25) is 5.95 Å². The Morgan fingerprint density at radius 1 is 0.974 bits per heavy atom. The van der Waals surface area contributed by atoms with Gasteiger partial charge in [-0.3, -0.25) is 4.98 Å². The van der Waals surface area contributed by atoms with E-state index in [1.54, 1.807) is 18.3 Å². The van der Waals surface area contributed by atoms with Crippen molar-refractivity contribution in [2.45, 2.75) is 70.6 Å². The molecule has 5 rings (SSSR count). The Bertz CT molecular complexity index is 1230. The Morgan fingerprint density at radius 3 is 2.37 bits per heavy atom. The van der Waals surface area contributed by atoms with Crippen molar-refractivity contribution in [3.05, 3.63) is 65.7 Å². The zero-order valence-corrected chi connectivity index (χ0v) is 22.2. The zero-order valence-electron chi connectivity index (χ0n) is 22.2. The second kappa shape index (κ2) is 12.0. The summed E-state index contributed by atoms with van der Waals surface area (Å²) < 4.78 is 13.3. The molecule has 0 unspecified atom stereocenters. The molecule has 7 nitrogen and oxygen atoms in total. The van der Waals surface area contributed by atoms with E-state index in [0.29, 0.717) is 23.5 Å². The van der Waals surface area contributed by atoms with Crippen molar-refractivity contribution in [3.63, 3.8) is 0 Å². The molecule has 3 aromatic rings. The van der Waals surface area contributed by atoms with Crippen LogP contribution in [0.3, 0.4) is 0 Å². The van der Waals surface area contributed by atoms with Crippen LogP contribution in [0.2, 0.25) is 0 Å². The predicted molar refractivity (Wildman–Crippen MR) is 151 cm³/mol. The minimum Gasteiger partial charge on any atom is -0.393 e. The number of likely N-dealkylation sites (tertiary alicyclic amines) is 1. The average Bonchev–Trinajstić information content (AvgIpc) is 2.92. The van der Waals surface area contributed by atoms with E-state index in [4.69, 9.17) is 9.97 Å². The maximum absolute atomic E-state index is 13.3. The molecule has 3 heterocycles. The third-order valence-electron chi connectivity index (χ3n) is 7.53. The van der Waals surface area contributed by atoms with E-state index in [9.17, 15) is 9.50 Å². The number of rotatable bonds is 7. The largest absolute Gasteiger partial charge is 0.393 e. The number of nitrogens with zero attached hydrogens (tertiary/aromatic N) is 4. The van der Waals surface area contributed by atoms with Crippen molar-refractivity contribution >= 4 is 23.5 Å². The van der Waals surface area contributed by atoms with E-state index < -0.39 is 0 Å². The number of pyridine rings is 1. The second-order valence-electron chi connectivity index (χ2n) is 10.6. The van der Waals surface area contributed by atoms with E-state index in [2.05, 4.69) is 46.5 Å². The first-order chi connectivity index (χ1) is 18.4. The Morgan fingerprint density at radius 2 is 1.71 bits per heavy atom. The van der Waals surface area contributed by atoms with Gasteiger partial charge in [-0.25, -0.2) is 9.37 Å². The summed E-state index contributed by atoms with van der Waals surface area (Å²) in [5, 5.41) is 16.7. The summed E-state index contributed by atoms with van der Waals surface area (Å²) in [6.07, 6.45) is 11.2. The van der Waals surface area contributed by atoms with Crippen LogP contribution < -0.4 is 10.6 Å². The number of benzene rings is 1.